The average molecular weight is 250 g/mol. The topological polar surface area (TPSA) is 58.6 Å². The number of hydrogen-bond acceptors (Lipinski definition) is 4. The van der Waals surface area contributed by atoms with E-state index < -0.39 is 10.0 Å². The molecule has 0 aliphatic heterocycles. The summed E-state index contributed by atoms with van der Waals surface area (Å²) in [5.74, 6) is 0. The summed E-state index contributed by atoms with van der Waals surface area (Å²) in [6.07, 6.45) is 1.96. The fraction of sp³-hybridized carbons (Fsp3) is 1.00. The predicted octanol–water partition coefficient (Wildman–Crippen LogP) is 0.0349. The Morgan fingerprint density at radius 2 is 2.12 bits per heavy atom. The molecule has 0 saturated heterocycles. The summed E-state index contributed by atoms with van der Waals surface area (Å²) in [6.45, 7) is 3.16. The molecule has 1 rings (SSSR count). The van der Waals surface area contributed by atoms with Crippen molar-refractivity contribution in [3.8, 4) is 0 Å². The molecular formula is C10H22N2O3S. The van der Waals surface area contributed by atoms with Crippen molar-refractivity contribution >= 4 is 10.0 Å². The van der Waals surface area contributed by atoms with Gasteiger partial charge in [-0.05, 0) is 26.8 Å². The molecule has 1 fully saturated rings. The van der Waals surface area contributed by atoms with E-state index in [-0.39, 0.29) is 11.3 Å². The normalized spacial score (nSPS) is 19.0. The summed E-state index contributed by atoms with van der Waals surface area (Å²) in [6, 6.07) is 0.208. The number of nitrogens with one attached hydrogen (secondary N) is 1. The van der Waals surface area contributed by atoms with Gasteiger partial charge in [0, 0.05) is 26.2 Å². The van der Waals surface area contributed by atoms with E-state index in [1.807, 2.05) is 0 Å². The summed E-state index contributed by atoms with van der Waals surface area (Å²) in [7, 11) is 0.177. The second kappa shape index (κ2) is 5.95. The Balaban J connectivity index is 2.67. The zero-order valence-electron chi connectivity index (χ0n) is 10.3. The molecule has 5 nitrogen and oxygen atoms in total. The molecule has 0 bridgehead atoms. The predicted molar refractivity (Wildman–Crippen MR) is 63.9 cm³/mol. The molecule has 1 unspecified atom stereocenters. The molecule has 0 radical (unpaired) electrons. The third-order valence-corrected chi connectivity index (χ3v) is 5.11. The van der Waals surface area contributed by atoms with Crippen molar-refractivity contribution in [3.05, 3.63) is 0 Å². The van der Waals surface area contributed by atoms with Gasteiger partial charge in [0.15, 0.2) is 0 Å². The first-order valence-electron chi connectivity index (χ1n) is 5.68. The van der Waals surface area contributed by atoms with Crippen molar-refractivity contribution in [1.29, 1.82) is 0 Å². The van der Waals surface area contributed by atoms with Crippen LogP contribution in [0.25, 0.3) is 0 Å². The molecule has 0 amide bonds. The minimum Gasteiger partial charge on any atom is -0.383 e. The van der Waals surface area contributed by atoms with E-state index >= 15 is 0 Å². The lowest BCUT2D eigenvalue weighted by Crippen LogP contribution is -2.44. The van der Waals surface area contributed by atoms with E-state index in [0.717, 1.165) is 12.8 Å². The second-order valence-electron chi connectivity index (χ2n) is 4.25. The van der Waals surface area contributed by atoms with Gasteiger partial charge in [0.05, 0.1) is 11.9 Å². The van der Waals surface area contributed by atoms with Crippen LogP contribution in [0.3, 0.4) is 0 Å². The van der Waals surface area contributed by atoms with Crippen LogP contribution in [0.1, 0.15) is 19.8 Å². The number of methoxy groups -OCH3 is 1. The Hall–Kier alpha value is -0.170. The highest BCUT2D eigenvalue weighted by molar-refractivity contribution is 7.89. The van der Waals surface area contributed by atoms with E-state index in [0.29, 0.717) is 19.7 Å². The average Bonchev–Trinajstić information content (AvgIpc) is 3.02. The third-order valence-electron chi connectivity index (χ3n) is 2.80. The largest absolute Gasteiger partial charge is 0.383 e. The Labute approximate surface area is 98.2 Å². The lowest BCUT2D eigenvalue weighted by molar-refractivity contribution is 0.177. The number of sulfonamides is 1. The van der Waals surface area contributed by atoms with Gasteiger partial charge in [0.25, 0.3) is 0 Å². The molecule has 0 aromatic rings. The van der Waals surface area contributed by atoms with Gasteiger partial charge >= 0.3 is 0 Å². The van der Waals surface area contributed by atoms with Gasteiger partial charge in [-0.15, -0.1) is 0 Å². The summed E-state index contributed by atoms with van der Waals surface area (Å²) < 4.78 is 31.0. The van der Waals surface area contributed by atoms with Crippen LogP contribution in [-0.4, -0.2) is 57.9 Å². The van der Waals surface area contributed by atoms with Crippen LogP contribution >= 0.6 is 0 Å². The molecule has 1 aliphatic carbocycles. The van der Waals surface area contributed by atoms with Gasteiger partial charge in [-0.25, -0.2) is 8.42 Å². The molecule has 1 aliphatic rings. The van der Waals surface area contributed by atoms with Crippen LogP contribution in [-0.2, 0) is 14.8 Å². The van der Waals surface area contributed by atoms with E-state index in [2.05, 4.69) is 5.32 Å². The smallest absolute Gasteiger partial charge is 0.218 e. The van der Waals surface area contributed by atoms with Crippen molar-refractivity contribution in [2.45, 2.75) is 31.1 Å². The Morgan fingerprint density at radius 3 is 2.56 bits per heavy atom. The fourth-order valence-electron chi connectivity index (χ4n) is 1.69. The van der Waals surface area contributed by atoms with Crippen LogP contribution < -0.4 is 5.32 Å². The van der Waals surface area contributed by atoms with Crippen molar-refractivity contribution in [2.24, 2.45) is 0 Å². The zero-order chi connectivity index (χ0) is 12.2. The molecule has 1 N–H and O–H groups in total. The lowest BCUT2D eigenvalue weighted by atomic mass is 10.5. The van der Waals surface area contributed by atoms with Crippen molar-refractivity contribution in [1.82, 2.24) is 9.62 Å². The van der Waals surface area contributed by atoms with Gasteiger partial charge in [0.1, 0.15) is 0 Å². The Bertz CT molecular complexity index is 301. The number of rotatable bonds is 8. The molecule has 96 valence electrons. The highest BCUT2D eigenvalue weighted by Gasteiger charge is 2.39. The quantitative estimate of drug-likeness (QED) is 0.660. The molecule has 16 heavy (non-hydrogen) atoms. The standard InChI is InChI=1S/C10H22N2O3S/c1-9(8-11-2)16(13,14)12(6-7-15-3)10-4-5-10/h9-11H,4-8H2,1-3H3. The first-order chi connectivity index (χ1) is 7.54. The first kappa shape index (κ1) is 13.9. The van der Waals surface area contributed by atoms with Gasteiger partial charge in [-0.3, -0.25) is 0 Å². The van der Waals surface area contributed by atoms with Crippen LogP contribution in [0.15, 0.2) is 0 Å². The van der Waals surface area contributed by atoms with Crippen LogP contribution in [0.4, 0.5) is 0 Å². The van der Waals surface area contributed by atoms with Crippen LogP contribution in [0.2, 0.25) is 0 Å². The molecule has 0 heterocycles. The van der Waals surface area contributed by atoms with Gasteiger partial charge < -0.3 is 10.1 Å². The fourth-order valence-corrected chi connectivity index (χ4v) is 3.48. The van der Waals surface area contributed by atoms with Gasteiger partial charge in [-0.2, -0.15) is 4.31 Å². The highest BCUT2D eigenvalue weighted by Crippen LogP contribution is 2.30. The second-order valence-corrected chi connectivity index (χ2v) is 6.55. The summed E-state index contributed by atoms with van der Waals surface area (Å²) in [5, 5.41) is 2.53. The number of hydrogen-bond donors (Lipinski definition) is 1. The molecule has 0 spiro atoms. The maximum Gasteiger partial charge on any atom is 0.218 e. The van der Waals surface area contributed by atoms with Crippen molar-refractivity contribution < 1.29 is 13.2 Å². The maximum atomic E-state index is 12.2. The lowest BCUT2D eigenvalue weighted by Gasteiger charge is -2.25. The SMILES string of the molecule is CNCC(C)S(=O)(=O)N(CCOC)C1CC1. The Kier molecular flexibility index (Phi) is 5.17. The monoisotopic (exact) mass is 250 g/mol. The minimum atomic E-state index is -3.18. The van der Waals surface area contributed by atoms with E-state index in [1.165, 1.54) is 0 Å². The molecule has 6 heteroatoms. The van der Waals surface area contributed by atoms with Crippen molar-refractivity contribution in [2.75, 3.05) is 33.9 Å². The zero-order valence-corrected chi connectivity index (χ0v) is 11.1. The summed E-state index contributed by atoms with van der Waals surface area (Å²) >= 11 is 0. The van der Waals surface area contributed by atoms with Crippen LogP contribution in [0.5, 0.6) is 0 Å². The molecular weight excluding hydrogens is 228 g/mol. The third kappa shape index (κ3) is 3.41. The molecule has 1 atom stereocenters. The van der Waals surface area contributed by atoms with E-state index in [9.17, 15) is 8.42 Å². The minimum absolute atomic E-state index is 0.208. The highest BCUT2D eigenvalue weighted by atomic mass is 32.2. The molecule has 0 aromatic heterocycles. The number of nitrogens with zero attached hydrogens (tertiary/aromatic N) is 1. The summed E-state index contributed by atoms with van der Waals surface area (Å²) in [5.41, 5.74) is 0. The van der Waals surface area contributed by atoms with E-state index in [1.54, 1.807) is 25.4 Å². The molecule has 0 aromatic carbocycles. The van der Waals surface area contributed by atoms with Crippen molar-refractivity contribution in [3.63, 3.8) is 0 Å². The van der Waals surface area contributed by atoms with Gasteiger partial charge in [-0.1, -0.05) is 0 Å². The Morgan fingerprint density at radius 1 is 1.50 bits per heavy atom. The summed E-state index contributed by atoms with van der Waals surface area (Å²) in [4.78, 5) is 0. The maximum absolute atomic E-state index is 12.2. The van der Waals surface area contributed by atoms with E-state index in [4.69, 9.17) is 4.74 Å². The first-order valence-corrected chi connectivity index (χ1v) is 7.18. The van der Waals surface area contributed by atoms with Crippen LogP contribution in [0, 0.1) is 0 Å². The number of ether oxygens (including phenoxy) is 1. The van der Waals surface area contributed by atoms with Gasteiger partial charge in [0.2, 0.25) is 10.0 Å². The molecule has 1 saturated carbocycles.